The van der Waals surface area contributed by atoms with Gasteiger partial charge in [-0.05, 0) is 24.8 Å². The third kappa shape index (κ3) is 2.35. The van der Waals surface area contributed by atoms with E-state index in [2.05, 4.69) is 4.74 Å². The van der Waals surface area contributed by atoms with Gasteiger partial charge in [0.2, 0.25) is 5.06 Å². The molecule has 0 spiro atoms. The lowest BCUT2D eigenvalue weighted by atomic mass is 10.3. The highest BCUT2D eigenvalue weighted by Crippen LogP contribution is 2.32. The van der Waals surface area contributed by atoms with Crippen molar-refractivity contribution in [1.29, 1.82) is 0 Å². The molecule has 0 saturated heterocycles. The van der Waals surface area contributed by atoms with E-state index < -0.39 is 6.16 Å². The number of aryl methyl sites for hydroxylation is 1. The Labute approximate surface area is 80.3 Å². The van der Waals surface area contributed by atoms with E-state index in [0.717, 1.165) is 5.56 Å². The largest absolute Gasteiger partial charge is 0.514 e. The molecule has 0 aliphatic heterocycles. The van der Waals surface area contributed by atoms with Crippen molar-refractivity contribution >= 4 is 23.2 Å². The van der Waals surface area contributed by atoms with Crippen LogP contribution in [-0.4, -0.2) is 12.8 Å². The van der Waals surface area contributed by atoms with Crippen molar-refractivity contribution in [2.75, 3.05) is 12.3 Å². The Hall–Kier alpha value is -1.23. The lowest BCUT2D eigenvalue weighted by Crippen LogP contribution is -2.10. The number of hydrogen-bond donors (Lipinski definition) is 1. The molecule has 1 heterocycles. The van der Waals surface area contributed by atoms with Crippen LogP contribution in [0, 0.1) is 6.92 Å². The fourth-order valence-electron chi connectivity index (χ4n) is 0.732. The molecule has 0 bridgehead atoms. The minimum absolute atomic E-state index is 0.295. The van der Waals surface area contributed by atoms with Crippen molar-refractivity contribution in [2.24, 2.45) is 0 Å². The maximum Gasteiger partial charge on any atom is 0.514 e. The molecule has 4 nitrogen and oxygen atoms in total. The Balaban J connectivity index is 2.64. The Morgan fingerprint density at radius 3 is 2.85 bits per heavy atom. The predicted molar refractivity (Wildman–Crippen MR) is 51.1 cm³/mol. The van der Waals surface area contributed by atoms with Gasteiger partial charge in [0.1, 0.15) is 0 Å². The minimum Gasteiger partial charge on any atom is -0.434 e. The number of carbonyl (C=O) groups excluding carboxylic acids is 1. The number of ether oxygens (including phenoxy) is 2. The van der Waals surface area contributed by atoms with E-state index in [1.807, 2.05) is 12.3 Å². The lowest BCUT2D eigenvalue weighted by molar-refractivity contribution is 0.106. The molecule has 72 valence electrons. The van der Waals surface area contributed by atoms with E-state index in [4.69, 9.17) is 10.5 Å². The van der Waals surface area contributed by atoms with Gasteiger partial charge in [0, 0.05) is 0 Å². The van der Waals surface area contributed by atoms with Crippen LogP contribution in [0.25, 0.3) is 0 Å². The third-order valence-electron chi connectivity index (χ3n) is 1.43. The van der Waals surface area contributed by atoms with Crippen LogP contribution in [0.3, 0.4) is 0 Å². The molecule has 1 rings (SSSR count). The van der Waals surface area contributed by atoms with Gasteiger partial charge >= 0.3 is 6.16 Å². The van der Waals surface area contributed by atoms with Gasteiger partial charge in [-0.1, -0.05) is 0 Å². The number of nitrogens with two attached hydrogens (primary N) is 1. The lowest BCUT2D eigenvalue weighted by Gasteiger charge is -2.01. The fraction of sp³-hybridized carbons (Fsp3) is 0.375. The van der Waals surface area contributed by atoms with Gasteiger partial charge in [-0.25, -0.2) is 4.79 Å². The quantitative estimate of drug-likeness (QED) is 0.745. The standard InChI is InChI=1S/C8H11NO3S/c1-3-11-8(10)12-7-6(9)5(2)4-13-7/h4H,3,9H2,1-2H3. The van der Waals surface area contributed by atoms with Crippen LogP contribution in [0.1, 0.15) is 12.5 Å². The minimum atomic E-state index is -0.712. The zero-order valence-corrected chi connectivity index (χ0v) is 8.31. The van der Waals surface area contributed by atoms with Crippen molar-refractivity contribution in [3.05, 3.63) is 10.9 Å². The van der Waals surface area contributed by atoms with Crippen molar-refractivity contribution in [1.82, 2.24) is 0 Å². The molecule has 0 aliphatic rings. The third-order valence-corrected chi connectivity index (χ3v) is 2.41. The highest BCUT2D eigenvalue weighted by Gasteiger charge is 2.11. The van der Waals surface area contributed by atoms with Crippen LogP contribution < -0.4 is 10.5 Å². The Morgan fingerprint density at radius 1 is 1.69 bits per heavy atom. The SMILES string of the molecule is CCOC(=O)Oc1scc(C)c1N. The molecule has 5 heteroatoms. The van der Waals surface area contributed by atoms with E-state index in [1.54, 1.807) is 6.92 Å². The second kappa shape index (κ2) is 4.13. The van der Waals surface area contributed by atoms with Gasteiger partial charge < -0.3 is 15.2 Å². The zero-order chi connectivity index (χ0) is 9.84. The molecule has 0 saturated carbocycles. The van der Waals surface area contributed by atoms with E-state index in [9.17, 15) is 4.79 Å². The monoisotopic (exact) mass is 201 g/mol. The van der Waals surface area contributed by atoms with E-state index in [1.165, 1.54) is 11.3 Å². The van der Waals surface area contributed by atoms with Crippen LogP contribution in [0.2, 0.25) is 0 Å². The Morgan fingerprint density at radius 2 is 2.38 bits per heavy atom. The predicted octanol–water partition coefficient (Wildman–Crippen LogP) is 2.17. The van der Waals surface area contributed by atoms with Crippen LogP contribution in [0.15, 0.2) is 5.38 Å². The van der Waals surface area contributed by atoms with E-state index in [0.29, 0.717) is 17.4 Å². The summed E-state index contributed by atoms with van der Waals surface area (Å²) in [5.74, 6) is 0. The summed E-state index contributed by atoms with van der Waals surface area (Å²) in [6.07, 6.45) is -0.712. The first-order valence-electron chi connectivity index (χ1n) is 3.83. The number of nitrogen functional groups attached to an aromatic ring is 1. The van der Waals surface area contributed by atoms with Gasteiger partial charge in [0.05, 0.1) is 12.3 Å². The molecule has 0 amide bonds. The maximum atomic E-state index is 10.9. The first-order chi connectivity index (χ1) is 6.15. The number of anilines is 1. The second-order valence-corrected chi connectivity index (χ2v) is 3.25. The van der Waals surface area contributed by atoms with Crippen molar-refractivity contribution < 1.29 is 14.3 Å². The summed E-state index contributed by atoms with van der Waals surface area (Å²) in [7, 11) is 0. The Kier molecular flexibility index (Phi) is 3.13. The summed E-state index contributed by atoms with van der Waals surface area (Å²) in [4.78, 5) is 10.9. The van der Waals surface area contributed by atoms with Crippen LogP contribution >= 0.6 is 11.3 Å². The molecular weight excluding hydrogens is 190 g/mol. The van der Waals surface area contributed by atoms with Crippen LogP contribution in [0.5, 0.6) is 5.06 Å². The van der Waals surface area contributed by atoms with Gasteiger partial charge in [0.15, 0.2) is 0 Å². The summed E-state index contributed by atoms with van der Waals surface area (Å²) in [5.41, 5.74) is 7.03. The molecule has 13 heavy (non-hydrogen) atoms. The molecule has 2 N–H and O–H groups in total. The first-order valence-corrected chi connectivity index (χ1v) is 4.71. The molecule has 0 atom stereocenters. The first kappa shape index (κ1) is 9.85. The average molecular weight is 201 g/mol. The molecule has 1 aromatic heterocycles. The summed E-state index contributed by atoms with van der Waals surface area (Å²) < 4.78 is 9.44. The summed E-state index contributed by atoms with van der Waals surface area (Å²) in [6.45, 7) is 3.86. The highest BCUT2D eigenvalue weighted by molar-refractivity contribution is 7.12. The van der Waals surface area contributed by atoms with Gasteiger partial charge in [-0.3, -0.25) is 0 Å². The molecule has 0 aliphatic carbocycles. The Bertz CT molecular complexity index is 308. The highest BCUT2D eigenvalue weighted by atomic mass is 32.1. The van der Waals surface area contributed by atoms with E-state index >= 15 is 0 Å². The van der Waals surface area contributed by atoms with E-state index in [-0.39, 0.29) is 0 Å². The average Bonchev–Trinajstić information content (AvgIpc) is 2.37. The molecule has 0 unspecified atom stereocenters. The smallest absolute Gasteiger partial charge is 0.434 e. The summed E-state index contributed by atoms with van der Waals surface area (Å²) in [5, 5.41) is 2.22. The summed E-state index contributed by atoms with van der Waals surface area (Å²) in [6, 6.07) is 0. The van der Waals surface area contributed by atoms with Crippen LogP contribution in [0.4, 0.5) is 10.5 Å². The topological polar surface area (TPSA) is 61.5 Å². The van der Waals surface area contributed by atoms with Gasteiger partial charge in [-0.15, -0.1) is 11.3 Å². The second-order valence-electron chi connectivity index (χ2n) is 2.40. The van der Waals surface area contributed by atoms with Crippen LogP contribution in [-0.2, 0) is 4.74 Å². The number of rotatable bonds is 2. The number of hydrogen-bond acceptors (Lipinski definition) is 5. The zero-order valence-electron chi connectivity index (χ0n) is 7.49. The molecule has 0 fully saturated rings. The molecule has 1 aromatic rings. The molecule has 0 aromatic carbocycles. The van der Waals surface area contributed by atoms with Crippen molar-refractivity contribution in [2.45, 2.75) is 13.8 Å². The maximum absolute atomic E-state index is 10.9. The molecule has 0 radical (unpaired) electrons. The summed E-state index contributed by atoms with van der Waals surface area (Å²) >= 11 is 1.28. The number of thiophene rings is 1. The molecular formula is C8H11NO3S. The van der Waals surface area contributed by atoms with Gasteiger partial charge in [-0.2, -0.15) is 0 Å². The van der Waals surface area contributed by atoms with Crippen molar-refractivity contribution in [3.63, 3.8) is 0 Å². The fourth-order valence-corrected chi connectivity index (χ4v) is 1.55. The number of carbonyl (C=O) groups is 1. The van der Waals surface area contributed by atoms with Crippen molar-refractivity contribution in [3.8, 4) is 5.06 Å². The van der Waals surface area contributed by atoms with Gasteiger partial charge in [0.25, 0.3) is 0 Å². The normalized spacial score (nSPS) is 9.69.